The topological polar surface area (TPSA) is 58.6 Å². The maximum atomic E-state index is 12.3. The van der Waals surface area contributed by atoms with Gasteiger partial charge in [0.05, 0.1) is 5.60 Å². The lowest BCUT2D eigenvalue weighted by atomic mass is 10.0. The van der Waals surface area contributed by atoms with E-state index in [0.717, 1.165) is 6.42 Å². The Morgan fingerprint density at radius 2 is 2.00 bits per heavy atom. The first-order valence-corrected chi connectivity index (χ1v) is 6.98. The van der Waals surface area contributed by atoms with E-state index in [4.69, 9.17) is 4.74 Å². The molecule has 1 N–H and O–H groups in total. The van der Waals surface area contributed by atoms with Crippen molar-refractivity contribution in [3.63, 3.8) is 0 Å². The molecule has 0 aliphatic carbocycles. The van der Waals surface area contributed by atoms with E-state index < -0.39 is 6.04 Å². The fourth-order valence-electron chi connectivity index (χ4n) is 2.17. The zero-order chi connectivity index (χ0) is 14.6. The molecule has 1 aliphatic heterocycles. The predicted molar refractivity (Wildman–Crippen MR) is 73.7 cm³/mol. The molecule has 2 atom stereocenters. The summed E-state index contributed by atoms with van der Waals surface area (Å²) in [6.45, 7) is 8.30. The molecule has 1 fully saturated rings. The summed E-state index contributed by atoms with van der Waals surface area (Å²) in [6.07, 6.45) is 2.29. The van der Waals surface area contributed by atoms with E-state index in [1.807, 2.05) is 20.8 Å². The van der Waals surface area contributed by atoms with Crippen LogP contribution in [0.15, 0.2) is 0 Å². The molecule has 0 spiro atoms. The summed E-state index contributed by atoms with van der Waals surface area (Å²) in [5, 5.41) is 2.80. The Hall–Kier alpha value is -1.10. The van der Waals surface area contributed by atoms with Gasteiger partial charge >= 0.3 is 0 Å². The van der Waals surface area contributed by atoms with Gasteiger partial charge < -0.3 is 15.0 Å². The summed E-state index contributed by atoms with van der Waals surface area (Å²) in [5.41, 5.74) is -0.284. The van der Waals surface area contributed by atoms with E-state index >= 15 is 0 Å². The quantitative estimate of drug-likeness (QED) is 0.792. The lowest BCUT2D eigenvalue weighted by Crippen LogP contribution is -2.62. The van der Waals surface area contributed by atoms with E-state index in [1.54, 1.807) is 18.9 Å². The summed E-state index contributed by atoms with van der Waals surface area (Å²) in [4.78, 5) is 25.9. The van der Waals surface area contributed by atoms with Crippen molar-refractivity contribution in [1.82, 2.24) is 10.2 Å². The first-order valence-electron chi connectivity index (χ1n) is 6.98. The molecule has 19 heavy (non-hydrogen) atoms. The highest BCUT2D eigenvalue weighted by Gasteiger charge is 2.37. The van der Waals surface area contributed by atoms with Crippen molar-refractivity contribution in [1.29, 1.82) is 0 Å². The van der Waals surface area contributed by atoms with Gasteiger partial charge in [-0.1, -0.05) is 13.3 Å². The molecule has 1 rings (SSSR count). The van der Waals surface area contributed by atoms with Crippen LogP contribution in [0.5, 0.6) is 0 Å². The number of ether oxygens (including phenoxy) is 1. The molecule has 1 saturated heterocycles. The molecule has 0 bridgehead atoms. The number of piperazine rings is 1. The van der Waals surface area contributed by atoms with Gasteiger partial charge in [-0.05, 0) is 33.6 Å². The Kier molecular flexibility index (Phi) is 5.35. The van der Waals surface area contributed by atoms with Crippen LogP contribution in [0.3, 0.4) is 0 Å². The van der Waals surface area contributed by atoms with Crippen molar-refractivity contribution in [2.45, 2.75) is 64.6 Å². The Balaban J connectivity index is 2.72. The number of nitrogens with one attached hydrogen (secondary N) is 1. The largest absolute Gasteiger partial charge is 0.379 e. The van der Waals surface area contributed by atoms with Gasteiger partial charge in [0.2, 0.25) is 11.8 Å². The van der Waals surface area contributed by atoms with Crippen LogP contribution in [0.2, 0.25) is 0 Å². The molecule has 2 unspecified atom stereocenters. The van der Waals surface area contributed by atoms with Crippen LogP contribution in [-0.4, -0.2) is 48.1 Å². The lowest BCUT2D eigenvalue weighted by molar-refractivity contribution is -0.149. The Labute approximate surface area is 115 Å². The summed E-state index contributed by atoms with van der Waals surface area (Å²) in [5.74, 6) is -0.0332. The van der Waals surface area contributed by atoms with Crippen LogP contribution in [-0.2, 0) is 14.3 Å². The standard InChI is InChI=1S/C14H26N2O3/c1-6-7-11-13(18)16(10(2)12(17)15-11)9-8-14(3,4)19-5/h10-11H,6-9H2,1-5H3,(H,15,17). The van der Waals surface area contributed by atoms with Crippen molar-refractivity contribution < 1.29 is 14.3 Å². The fraction of sp³-hybridized carbons (Fsp3) is 0.857. The van der Waals surface area contributed by atoms with Gasteiger partial charge in [-0.25, -0.2) is 0 Å². The third kappa shape index (κ3) is 3.93. The van der Waals surface area contributed by atoms with Crippen molar-refractivity contribution in [3.8, 4) is 0 Å². The van der Waals surface area contributed by atoms with Gasteiger partial charge in [0.25, 0.3) is 0 Å². The Morgan fingerprint density at radius 1 is 1.37 bits per heavy atom. The van der Waals surface area contributed by atoms with E-state index in [9.17, 15) is 9.59 Å². The highest BCUT2D eigenvalue weighted by molar-refractivity contribution is 5.96. The first kappa shape index (κ1) is 16.0. The molecule has 110 valence electrons. The summed E-state index contributed by atoms with van der Waals surface area (Å²) >= 11 is 0. The van der Waals surface area contributed by atoms with Gasteiger partial charge in [-0.3, -0.25) is 9.59 Å². The van der Waals surface area contributed by atoms with Gasteiger partial charge in [0, 0.05) is 13.7 Å². The van der Waals surface area contributed by atoms with Gasteiger partial charge in [0.1, 0.15) is 12.1 Å². The normalized spacial score (nSPS) is 24.6. The molecule has 0 saturated carbocycles. The third-order valence-electron chi connectivity index (χ3n) is 3.83. The number of methoxy groups -OCH3 is 1. The van der Waals surface area contributed by atoms with E-state index in [-0.39, 0.29) is 23.5 Å². The minimum atomic E-state index is -0.395. The number of amides is 2. The van der Waals surface area contributed by atoms with Crippen molar-refractivity contribution in [2.24, 2.45) is 0 Å². The first-order chi connectivity index (χ1) is 8.82. The van der Waals surface area contributed by atoms with Crippen LogP contribution in [0, 0.1) is 0 Å². The molecular weight excluding hydrogens is 244 g/mol. The van der Waals surface area contributed by atoms with Gasteiger partial charge in [-0.2, -0.15) is 0 Å². The molecule has 5 heteroatoms. The van der Waals surface area contributed by atoms with Crippen LogP contribution in [0.4, 0.5) is 0 Å². The highest BCUT2D eigenvalue weighted by atomic mass is 16.5. The van der Waals surface area contributed by atoms with Gasteiger partial charge in [0.15, 0.2) is 0 Å². The van der Waals surface area contributed by atoms with E-state index in [1.165, 1.54) is 0 Å². The monoisotopic (exact) mass is 270 g/mol. The van der Waals surface area contributed by atoms with E-state index in [0.29, 0.717) is 19.4 Å². The number of rotatable bonds is 6. The van der Waals surface area contributed by atoms with Crippen LogP contribution >= 0.6 is 0 Å². The number of hydrogen-bond acceptors (Lipinski definition) is 3. The molecule has 2 amide bonds. The highest BCUT2D eigenvalue weighted by Crippen LogP contribution is 2.18. The SMILES string of the molecule is CCCC1NC(=O)C(C)N(CCC(C)(C)OC)C1=O. The van der Waals surface area contributed by atoms with Crippen LogP contribution < -0.4 is 5.32 Å². The third-order valence-corrected chi connectivity index (χ3v) is 3.83. The van der Waals surface area contributed by atoms with Crippen LogP contribution in [0.25, 0.3) is 0 Å². The summed E-state index contributed by atoms with van der Waals surface area (Å²) in [7, 11) is 1.66. The molecule has 0 aromatic heterocycles. The Morgan fingerprint density at radius 3 is 2.53 bits per heavy atom. The molecule has 5 nitrogen and oxygen atoms in total. The zero-order valence-corrected chi connectivity index (χ0v) is 12.7. The minimum Gasteiger partial charge on any atom is -0.379 e. The predicted octanol–water partition coefficient (Wildman–Crippen LogP) is 1.32. The molecule has 1 aliphatic rings. The second-order valence-corrected chi connectivity index (χ2v) is 5.77. The smallest absolute Gasteiger partial charge is 0.245 e. The lowest BCUT2D eigenvalue weighted by Gasteiger charge is -2.38. The number of nitrogens with zero attached hydrogens (tertiary/aromatic N) is 1. The number of carbonyl (C=O) groups excluding carboxylic acids is 2. The average Bonchev–Trinajstić information content (AvgIpc) is 2.36. The van der Waals surface area contributed by atoms with Crippen molar-refractivity contribution >= 4 is 11.8 Å². The summed E-state index contributed by atoms with van der Waals surface area (Å²) in [6, 6.07) is -0.757. The van der Waals surface area contributed by atoms with Crippen LogP contribution in [0.1, 0.15) is 47.0 Å². The number of hydrogen-bond donors (Lipinski definition) is 1. The number of carbonyl (C=O) groups is 2. The Bertz CT molecular complexity index is 342. The average molecular weight is 270 g/mol. The van der Waals surface area contributed by atoms with Crippen molar-refractivity contribution in [3.05, 3.63) is 0 Å². The molecule has 0 aromatic carbocycles. The second-order valence-electron chi connectivity index (χ2n) is 5.77. The van der Waals surface area contributed by atoms with E-state index in [2.05, 4.69) is 5.32 Å². The second kappa shape index (κ2) is 6.37. The molecule has 0 aromatic rings. The fourth-order valence-corrected chi connectivity index (χ4v) is 2.17. The minimum absolute atomic E-state index is 0.0286. The molecule has 0 radical (unpaired) electrons. The van der Waals surface area contributed by atoms with Crippen molar-refractivity contribution in [2.75, 3.05) is 13.7 Å². The summed E-state index contributed by atoms with van der Waals surface area (Å²) < 4.78 is 5.36. The zero-order valence-electron chi connectivity index (χ0n) is 12.7. The van der Waals surface area contributed by atoms with Gasteiger partial charge in [-0.15, -0.1) is 0 Å². The molecule has 1 heterocycles. The maximum absolute atomic E-state index is 12.3. The maximum Gasteiger partial charge on any atom is 0.245 e. The molecular formula is C14H26N2O3.